The monoisotopic (exact) mass is 318 g/mol. The zero-order valence-electron chi connectivity index (χ0n) is 11.4. The molecule has 0 saturated carbocycles. The number of benzene rings is 2. The molecule has 0 amide bonds. The van der Waals surface area contributed by atoms with Gasteiger partial charge in [-0.15, -0.1) is 0 Å². The van der Waals surface area contributed by atoms with Gasteiger partial charge in [0.25, 0.3) is 0 Å². The molecule has 2 rings (SSSR count). The van der Waals surface area contributed by atoms with Crippen molar-refractivity contribution < 1.29 is 5.11 Å². The second kappa shape index (κ2) is 5.89. The smallest absolute Gasteiger partial charge is 0.114 e. The van der Waals surface area contributed by atoms with E-state index in [1.54, 1.807) is 0 Å². The number of rotatable bonds is 4. The molecule has 0 radical (unpaired) electrons. The second-order valence-corrected chi connectivity index (χ2v) is 5.69. The fourth-order valence-electron chi connectivity index (χ4n) is 2.37. The van der Waals surface area contributed by atoms with Crippen LogP contribution in [0.25, 0.3) is 0 Å². The fourth-order valence-corrected chi connectivity index (χ4v) is 2.77. The lowest BCUT2D eigenvalue weighted by atomic mass is 9.83. The predicted octanol–water partition coefficient (Wildman–Crippen LogP) is 4.66. The number of halogens is 1. The first kappa shape index (κ1) is 14.3. The summed E-state index contributed by atoms with van der Waals surface area (Å²) in [6.07, 6.45) is 1.63. The molecule has 1 N–H and O–H groups in total. The topological polar surface area (TPSA) is 20.2 Å². The molecule has 0 spiro atoms. The molecule has 2 aromatic carbocycles. The van der Waals surface area contributed by atoms with Crippen LogP contribution < -0.4 is 0 Å². The minimum atomic E-state index is -0.922. The van der Waals surface area contributed by atoms with Gasteiger partial charge in [0, 0.05) is 4.47 Å². The molecule has 0 heterocycles. The van der Waals surface area contributed by atoms with Gasteiger partial charge < -0.3 is 5.11 Å². The average Bonchev–Trinajstić information content (AvgIpc) is 2.46. The highest BCUT2D eigenvalue weighted by Gasteiger charge is 2.29. The molecule has 0 aliphatic heterocycles. The second-order valence-electron chi connectivity index (χ2n) is 4.78. The Bertz CT molecular complexity index is 565. The summed E-state index contributed by atoms with van der Waals surface area (Å²) in [5, 5.41) is 11.1. The van der Waals surface area contributed by atoms with Crippen LogP contribution in [0.2, 0.25) is 0 Å². The maximum Gasteiger partial charge on any atom is 0.114 e. The number of aryl methyl sites for hydroxylation is 1. The first-order chi connectivity index (χ1) is 9.10. The molecule has 100 valence electrons. The van der Waals surface area contributed by atoms with Crippen LogP contribution in [0.5, 0.6) is 0 Å². The van der Waals surface area contributed by atoms with Gasteiger partial charge in [0.1, 0.15) is 5.60 Å². The first-order valence-corrected chi connectivity index (χ1v) is 7.47. The highest BCUT2D eigenvalue weighted by Crippen LogP contribution is 2.34. The van der Waals surface area contributed by atoms with Crippen molar-refractivity contribution in [2.75, 3.05) is 0 Å². The Kier molecular flexibility index (Phi) is 4.43. The Morgan fingerprint density at radius 2 is 1.63 bits per heavy atom. The van der Waals surface area contributed by atoms with E-state index in [1.165, 1.54) is 5.56 Å². The van der Waals surface area contributed by atoms with Gasteiger partial charge in [0.15, 0.2) is 0 Å². The maximum atomic E-state index is 11.1. The Morgan fingerprint density at radius 3 is 2.21 bits per heavy atom. The van der Waals surface area contributed by atoms with Gasteiger partial charge >= 0.3 is 0 Å². The lowest BCUT2D eigenvalue weighted by Gasteiger charge is -2.28. The van der Waals surface area contributed by atoms with E-state index in [1.807, 2.05) is 43.3 Å². The van der Waals surface area contributed by atoms with E-state index in [2.05, 4.69) is 35.0 Å². The predicted molar refractivity (Wildman–Crippen MR) is 83.3 cm³/mol. The molecule has 1 nitrogen and oxygen atoms in total. The summed E-state index contributed by atoms with van der Waals surface area (Å²) < 4.78 is 0.989. The van der Waals surface area contributed by atoms with Crippen molar-refractivity contribution in [3.8, 4) is 0 Å². The minimum Gasteiger partial charge on any atom is -0.380 e. The normalized spacial score (nSPS) is 14.1. The van der Waals surface area contributed by atoms with Gasteiger partial charge in [-0.1, -0.05) is 66.2 Å². The molecule has 19 heavy (non-hydrogen) atoms. The molecule has 2 aromatic rings. The third kappa shape index (κ3) is 2.90. The highest BCUT2D eigenvalue weighted by molar-refractivity contribution is 9.10. The summed E-state index contributed by atoms with van der Waals surface area (Å²) in [5.74, 6) is 0. The van der Waals surface area contributed by atoms with Gasteiger partial charge in [-0.25, -0.2) is 0 Å². The average molecular weight is 319 g/mol. The fraction of sp³-hybridized carbons (Fsp3) is 0.294. The first-order valence-electron chi connectivity index (χ1n) is 6.68. The van der Waals surface area contributed by atoms with Crippen molar-refractivity contribution in [1.82, 2.24) is 0 Å². The van der Waals surface area contributed by atoms with Crippen LogP contribution in [0.4, 0.5) is 0 Å². The number of hydrogen-bond acceptors (Lipinski definition) is 1. The zero-order chi connectivity index (χ0) is 13.9. The van der Waals surface area contributed by atoms with Crippen molar-refractivity contribution in [2.24, 2.45) is 0 Å². The standard InChI is InChI=1S/C17H19BrO/c1-3-13-7-5-8-14(11-13)17(19,4-2)15-9-6-10-16(18)12-15/h5-12,19H,3-4H2,1-2H3. The maximum absolute atomic E-state index is 11.1. The van der Waals surface area contributed by atoms with Gasteiger partial charge in [-0.05, 0) is 41.7 Å². The van der Waals surface area contributed by atoms with Gasteiger partial charge in [0.2, 0.25) is 0 Å². The van der Waals surface area contributed by atoms with E-state index in [-0.39, 0.29) is 0 Å². The van der Waals surface area contributed by atoms with E-state index in [9.17, 15) is 5.11 Å². The zero-order valence-corrected chi connectivity index (χ0v) is 12.9. The van der Waals surface area contributed by atoms with Crippen molar-refractivity contribution in [3.05, 3.63) is 69.7 Å². The molecule has 0 saturated heterocycles. The molecule has 0 aliphatic rings. The van der Waals surface area contributed by atoms with Crippen LogP contribution in [0.3, 0.4) is 0 Å². The van der Waals surface area contributed by atoms with Gasteiger partial charge in [0.05, 0.1) is 0 Å². The van der Waals surface area contributed by atoms with Crippen LogP contribution in [0, 0.1) is 0 Å². The van der Waals surface area contributed by atoms with Crippen molar-refractivity contribution in [3.63, 3.8) is 0 Å². The lowest BCUT2D eigenvalue weighted by Crippen LogP contribution is -2.26. The SMILES string of the molecule is CCc1cccc(C(O)(CC)c2cccc(Br)c2)c1. The summed E-state index contributed by atoms with van der Waals surface area (Å²) in [6, 6.07) is 16.1. The Labute approximate surface area is 123 Å². The molecule has 0 aromatic heterocycles. The molecule has 0 fully saturated rings. The van der Waals surface area contributed by atoms with Crippen molar-refractivity contribution in [1.29, 1.82) is 0 Å². The molecule has 1 unspecified atom stereocenters. The molecule has 1 atom stereocenters. The van der Waals surface area contributed by atoms with E-state index in [0.29, 0.717) is 6.42 Å². The third-order valence-electron chi connectivity index (χ3n) is 3.63. The Morgan fingerprint density at radius 1 is 1.00 bits per heavy atom. The summed E-state index contributed by atoms with van der Waals surface area (Å²) in [7, 11) is 0. The minimum absolute atomic E-state index is 0.649. The molecular formula is C17H19BrO. The van der Waals surface area contributed by atoms with E-state index in [4.69, 9.17) is 0 Å². The van der Waals surface area contributed by atoms with E-state index in [0.717, 1.165) is 22.0 Å². The van der Waals surface area contributed by atoms with E-state index < -0.39 is 5.60 Å². The van der Waals surface area contributed by atoms with E-state index >= 15 is 0 Å². The summed E-state index contributed by atoms with van der Waals surface area (Å²) in [4.78, 5) is 0. The molecule has 0 bridgehead atoms. The Hall–Kier alpha value is -1.12. The summed E-state index contributed by atoms with van der Waals surface area (Å²) in [6.45, 7) is 4.14. The van der Waals surface area contributed by atoms with Crippen LogP contribution in [0.15, 0.2) is 53.0 Å². The lowest BCUT2D eigenvalue weighted by molar-refractivity contribution is 0.0764. The van der Waals surface area contributed by atoms with Crippen molar-refractivity contribution in [2.45, 2.75) is 32.3 Å². The van der Waals surface area contributed by atoms with Gasteiger partial charge in [-0.3, -0.25) is 0 Å². The number of aliphatic hydroxyl groups is 1. The number of hydrogen-bond donors (Lipinski definition) is 1. The van der Waals surface area contributed by atoms with Gasteiger partial charge in [-0.2, -0.15) is 0 Å². The Balaban J connectivity index is 2.52. The quantitative estimate of drug-likeness (QED) is 0.869. The van der Waals surface area contributed by atoms with Crippen LogP contribution in [0.1, 0.15) is 37.0 Å². The van der Waals surface area contributed by atoms with Crippen molar-refractivity contribution >= 4 is 15.9 Å². The molecular weight excluding hydrogens is 300 g/mol. The molecule has 2 heteroatoms. The highest BCUT2D eigenvalue weighted by atomic mass is 79.9. The summed E-state index contributed by atoms with van der Waals surface area (Å²) >= 11 is 3.47. The van der Waals surface area contributed by atoms with Crippen LogP contribution in [-0.2, 0) is 12.0 Å². The van der Waals surface area contributed by atoms with Crippen LogP contribution >= 0.6 is 15.9 Å². The van der Waals surface area contributed by atoms with Crippen LogP contribution in [-0.4, -0.2) is 5.11 Å². The summed E-state index contributed by atoms with van der Waals surface area (Å²) in [5.41, 5.74) is 2.22. The largest absolute Gasteiger partial charge is 0.380 e. The molecule has 0 aliphatic carbocycles. The third-order valence-corrected chi connectivity index (χ3v) is 4.12.